The topological polar surface area (TPSA) is 72.7 Å². The third-order valence-corrected chi connectivity index (χ3v) is 3.53. The minimum Gasteiger partial charge on any atom is -0.379 e. The van der Waals surface area contributed by atoms with E-state index in [0.29, 0.717) is 19.3 Å². The molecule has 7 nitrogen and oxygen atoms in total. The summed E-state index contributed by atoms with van der Waals surface area (Å²) in [5.41, 5.74) is 1.13. The first-order valence-corrected chi connectivity index (χ1v) is 7.89. The summed E-state index contributed by atoms with van der Waals surface area (Å²) in [6, 6.07) is 0. The molecule has 2 rings (SSSR count). The predicted molar refractivity (Wildman–Crippen MR) is 85.8 cm³/mol. The van der Waals surface area contributed by atoms with Gasteiger partial charge in [0.25, 0.3) is 0 Å². The van der Waals surface area contributed by atoms with E-state index in [1.807, 2.05) is 19.4 Å². The normalized spacial score (nSPS) is 18.6. The van der Waals surface area contributed by atoms with Crippen LogP contribution >= 0.6 is 0 Å². The third-order valence-electron chi connectivity index (χ3n) is 3.53. The van der Waals surface area contributed by atoms with Gasteiger partial charge in [-0.2, -0.15) is 5.10 Å². The molecule has 0 aromatic carbocycles. The molecule has 1 unspecified atom stereocenters. The van der Waals surface area contributed by atoms with Gasteiger partial charge in [0.05, 0.1) is 18.9 Å². The zero-order chi connectivity index (χ0) is 15.6. The molecule has 0 radical (unpaired) electrons. The number of rotatable bonds is 8. The fraction of sp³-hybridized carbons (Fsp3) is 0.733. The van der Waals surface area contributed by atoms with Gasteiger partial charge >= 0.3 is 0 Å². The molecule has 2 heterocycles. The van der Waals surface area contributed by atoms with Gasteiger partial charge in [-0.1, -0.05) is 0 Å². The van der Waals surface area contributed by atoms with Crippen molar-refractivity contribution < 1.29 is 9.47 Å². The summed E-state index contributed by atoms with van der Waals surface area (Å²) in [6.07, 6.45) is 7.37. The zero-order valence-corrected chi connectivity index (χ0v) is 13.5. The fourth-order valence-electron chi connectivity index (χ4n) is 2.34. The van der Waals surface area contributed by atoms with Crippen LogP contribution in [0.2, 0.25) is 0 Å². The molecule has 7 heteroatoms. The van der Waals surface area contributed by atoms with Crippen LogP contribution in [-0.4, -0.2) is 55.3 Å². The number of nitrogens with one attached hydrogen (secondary N) is 2. The lowest BCUT2D eigenvalue weighted by molar-refractivity contribution is 0.0168. The molecule has 0 amide bonds. The molecule has 1 aliphatic rings. The standard InChI is InChI=1S/C15H27N5O2/c1-16-15(18-9-13-10-19-20(2)11-13)17-6-4-7-21-12-14-5-3-8-22-14/h10-11,14H,3-9,12H2,1-2H3,(H2,16,17,18). The van der Waals surface area contributed by atoms with Crippen molar-refractivity contribution in [2.24, 2.45) is 12.0 Å². The number of ether oxygens (including phenoxy) is 2. The van der Waals surface area contributed by atoms with Crippen molar-refractivity contribution in [3.63, 3.8) is 0 Å². The van der Waals surface area contributed by atoms with Crippen LogP contribution in [0.3, 0.4) is 0 Å². The summed E-state index contributed by atoms with van der Waals surface area (Å²) in [5.74, 6) is 0.794. The van der Waals surface area contributed by atoms with Crippen LogP contribution in [0, 0.1) is 0 Å². The van der Waals surface area contributed by atoms with Gasteiger partial charge in [0.1, 0.15) is 0 Å². The second-order valence-corrected chi connectivity index (χ2v) is 5.44. The Labute approximate surface area is 132 Å². The van der Waals surface area contributed by atoms with Crippen LogP contribution in [0.5, 0.6) is 0 Å². The Morgan fingerprint density at radius 1 is 1.55 bits per heavy atom. The lowest BCUT2D eigenvalue weighted by Gasteiger charge is -2.12. The van der Waals surface area contributed by atoms with E-state index in [-0.39, 0.29) is 0 Å². The third kappa shape index (κ3) is 6.03. The van der Waals surface area contributed by atoms with Crippen molar-refractivity contribution in [2.75, 3.05) is 33.4 Å². The van der Waals surface area contributed by atoms with E-state index in [4.69, 9.17) is 9.47 Å². The van der Waals surface area contributed by atoms with Gasteiger partial charge in [0.15, 0.2) is 5.96 Å². The van der Waals surface area contributed by atoms with Crippen LogP contribution in [0.25, 0.3) is 0 Å². The van der Waals surface area contributed by atoms with E-state index in [1.54, 1.807) is 11.7 Å². The predicted octanol–water partition coefficient (Wildman–Crippen LogP) is 0.671. The summed E-state index contributed by atoms with van der Waals surface area (Å²) in [4.78, 5) is 4.20. The largest absolute Gasteiger partial charge is 0.379 e. The fourth-order valence-corrected chi connectivity index (χ4v) is 2.34. The Morgan fingerprint density at radius 3 is 3.14 bits per heavy atom. The second-order valence-electron chi connectivity index (χ2n) is 5.44. The number of guanidine groups is 1. The first kappa shape index (κ1) is 16.8. The van der Waals surface area contributed by atoms with Crippen LogP contribution in [-0.2, 0) is 23.1 Å². The van der Waals surface area contributed by atoms with Gasteiger partial charge in [0.2, 0.25) is 0 Å². The zero-order valence-electron chi connectivity index (χ0n) is 13.5. The highest BCUT2D eigenvalue weighted by molar-refractivity contribution is 5.79. The highest BCUT2D eigenvalue weighted by atomic mass is 16.5. The van der Waals surface area contributed by atoms with Crippen molar-refractivity contribution in [1.82, 2.24) is 20.4 Å². The maximum absolute atomic E-state index is 5.63. The van der Waals surface area contributed by atoms with Gasteiger partial charge in [-0.25, -0.2) is 0 Å². The van der Waals surface area contributed by atoms with Gasteiger partial charge < -0.3 is 20.1 Å². The Balaban J connectivity index is 1.50. The average Bonchev–Trinajstić information content (AvgIpc) is 3.17. The minimum atomic E-state index is 0.307. The van der Waals surface area contributed by atoms with Crippen LogP contribution in [0.15, 0.2) is 17.4 Å². The Bertz CT molecular complexity index is 455. The Hall–Kier alpha value is -1.60. The molecule has 1 fully saturated rings. The van der Waals surface area contributed by atoms with E-state index >= 15 is 0 Å². The quantitative estimate of drug-likeness (QED) is 0.419. The van der Waals surface area contributed by atoms with Crippen LogP contribution in [0.1, 0.15) is 24.8 Å². The minimum absolute atomic E-state index is 0.307. The first-order valence-electron chi connectivity index (χ1n) is 7.89. The molecular formula is C15H27N5O2. The lowest BCUT2D eigenvalue weighted by atomic mass is 10.2. The van der Waals surface area contributed by atoms with Crippen molar-refractivity contribution in [3.8, 4) is 0 Å². The summed E-state index contributed by atoms with van der Waals surface area (Å²) < 4.78 is 12.9. The Kier molecular flexibility index (Phi) is 7.18. The highest BCUT2D eigenvalue weighted by Crippen LogP contribution is 2.11. The Morgan fingerprint density at radius 2 is 2.45 bits per heavy atom. The van der Waals surface area contributed by atoms with Crippen molar-refractivity contribution in [3.05, 3.63) is 18.0 Å². The molecular weight excluding hydrogens is 282 g/mol. The van der Waals surface area contributed by atoms with E-state index in [2.05, 4.69) is 20.7 Å². The second kappa shape index (κ2) is 9.42. The molecule has 0 saturated carbocycles. The molecule has 1 aromatic heterocycles. The molecule has 1 aliphatic heterocycles. The maximum Gasteiger partial charge on any atom is 0.191 e. The number of nitrogens with zero attached hydrogens (tertiary/aromatic N) is 3. The first-order chi connectivity index (χ1) is 10.8. The molecule has 124 valence electrons. The van der Waals surface area contributed by atoms with E-state index in [9.17, 15) is 0 Å². The molecule has 22 heavy (non-hydrogen) atoms. The van der Waals surface area contributed by atoms with E-state index in [0.717, 1.165) is 50.5 Å². The van der Waals surface area contributed by atoms with Gasteiger partial charge in [0, 0.05) is 52.2 Å². The monoisotopic (exact) mass is 309 g/mol. The highest BCUT2D eigenvalue weighted by Gasteiger charge is 2.14. The molecule has 2 N–H and O–H groups in total. The van der Waals surface area contributed by atoms with Crippen LogP contribution in [0.4, 0.5) is 0 Å². The molecule has 1 saturated heterocycles. The van der Waals surface area contributed by atoms with Gasteiger partial charge in [-0.3, -0.25) is 9.67 Å². The number of aromatic nitrogens is 2. The van der Waals surface area contributed by atoms with Crippen molar-refractivity contribution in [1.29, 1.82) is 0 Å². The van der Waals surface area contributed by atoms with Crippen molar-refractivity contribution >= 4 is 5.96 Å². The van der Waals surface area contributed by atoms with Gasteiger partial charge in [-0.05, 0) is 19.3 Å². The maximum atomic E-state index is 5.63. The van der Waals surface area contributed by atoms with Crippen LogP contribution < -0.4 is 10.6 Å². The molecule has 1 atom stereocenters. The smallest absolute Gasteiger partial charge is 0.191 e. The summed E-state index contributed by atoms with van der Waals surface area (Å²) >= 11 is 0. The molecule has 1 aromatic rings. The SMILES string of the molecule is CN=C(NCCCOCC1CCCO1)NCc1cnn(C)c1. The number of aryl methyl sites for hydroxylation is 1. The lowest BCUT2D eigenvalue weighted by Crippen LogP contribution is -2.37. The van der Waals surface area contributed by atoms with Crippen molar-refractivity contribution in [2.45, 2.75) is 31.9 Å². The molecule has 0 aliphatic carbocycles. The summed E-state index contributed by atoms with van der Waals surface area (Å²) in [5, 5.41) is 10.7. The number of hydrogen-bond acceptors (Lipinski definition) is 4. The summed E-state index contributed by atoms with van der Waals surface area (Å²) in [7, 11) is 3.68. The average molecular weight is 309 g/mol. The summed E-state index contributed by atoms with van der Waals surface area (Å²) in [6.45, 7) is 3.89. The number of aliphatic imine (C=N–C) groups is 1. The van der Waals surface area contributed by atoms with E-state index < -0.39 is 0 Å². The number of hydrogen-bond donors (Lipinski definition) is 2. The van der Waals surface area contributed by atoms with E-state index in [1.165, 1.54) is 0 Å². The van der Waals surface area contributed by atoms with Gasteiger partial charge in [-0.15, -0.1) is 0 Å². The molecule has 0 spiro atoms. The molecule has 0 bridgehead atoms.